The van der Waals surface area contributed by atoms with Crippen LogP contribution in [-0.4, -0.2) is 43.3 Å². The summed E-state index contributed by atoms with van der Waals surface area (Å²) >= 11 is 1.47. The van der Waals surface area contributed by atoms with Crippen LogP contribution >= 0.6 is 11.3 Å². The third kappa shape index (κ3) is 3.86. The Kier molecular flexibility index (Phi) is 5.13. The Balaban J connectivity index is 1.37. The van der Waals surface area contributed by atoms with Gasteiger partial charge in [-0.05, 0) is 68.6 Å². The number of carbonyl (C=O) groups is 1. The predicted molar refractivity (Wildman–Crippen MR) is 103 cm³/mol. The molecule has 1 amide bonds. The van der Waals surface area contributed by atoms with E-state index in [2.05, 4.69) is 10.2 Å². The maximum atomic E-state index is 12.3. The van der Waals surface area contributed by atoms with Crippen molar-refractivity contribution < 1.29 is 14.3 Å². The van der Waals surface area contributed by atoms with E-state index in [0.29, 0.717) is 17.6 Å². The molecule has 0 aliphatic carbocycles. The number of piperidine rings is 3. The summed E-state index contributed by atoms with van der Waals surface area (Å²) in [6.45, 7) is 5.87. The first kappa shape index (κ1) is 17.4. The SMILES string of the molecule is CCOc1cccc(-c2ccc(OC(=O)NC3CN4CCC3CC4)s2)c1. The molecule has 1 aromatic heterocycles. The van der Waals surface area contributed by atoms with Crippen LogP contribution < -0.4 is 14.8 Å². The molecule has 1 atom stereocenters. The number of fused-ring (bicyclic) bond motifs is 3. The molecule has 3 aliphatic rings. The van der Waals surface area contributed by atoms with E-state index in [1.807, 2.05) is 43.3 Å². The van der Waals surface area contributed by atoms with Gasteiger partial charge in [-0.2, -0.15) is 0 Å². The van der Waals surface area contributed by atoms with Crippen LogP contribution in [0.3, 0.4) is 0 Å². The monoisotopic (exact) mass is 372 g/mol. The van der Waals surface area contributed by atoms with E-state index in [0.717, 1.165) is 35.8 Å². The zero-order valence-corrected chi connectivity index (χ0v) is 15.8. The Morgan fingerprint density at radius 3 is 2.85 bits per heavy atom. The average Bonchev–Trinajstić information content (AvgIpc) is 3.11. The van der Waals surface area contributed by atoms with Crippen LogP contribution in [0.15, 0.2) is 36.4 Å². The number of ether oxygens (including phenoxy) is 2. The minimum Gasteiger partial charge on any atom is -0.494 e. The van der Waals surface area contributed by atoms with E-state index in [9.17, 15) is 4.79 Å². The smallest absolute Gasteiger partial charge is 0.413 e. The minimum atomic E-state index is -0.347. The van der Waals surface area contributed by atoms with Crippen molar-refractivity contribution >= 4 is 17.4 Å². The summed E-state index contributed by atoms with van der Waals surface area (Å²) in [7, 11) is 0. The Hall–Kier alpha value is -2.05. The van der Waals surface area contributed by atoms with Crippen LogP contribution in [0, 0.1) is 5.92 Å². The fraction of sp³-hybridized carbons (Fsp3) is 0.450. The first-order valence-corrected chi connectivity index (χ1v) is 10.1. The maximum Gasteiger partial charge on any atom is 0.413 e. The summed E-state index contributed by atoms with van der Waals surface area (Å²) in [5, 5.41) is 3.67. The highest BCUT2D eigenvalue weighted by molar-refractivity contribution is 7.17. The number of benzene rings is 1. The van der Waals surface area contributed by atoms with Gasteiger partial charge in [-0.25, -0.2) is 4.79 Å². The lowest BCUT2D eigenvalue weighted by atomic mass is 9.84. The summed E-state index contributed by atoms with van der Waals surface area (Å²) in [5.41, 5.74) is 1.06. The Labute approximate surface area is 157 Å². The molecule has 3 fully saturated rings. The summed E-state index contributed by atoms with van der Waals surface area (Å²) in [5.74, 6) is 1.44. The van der Waals surface area contributed by atoms with Gasteiger partial charge in [0.2, 0.25) is 0 Å². The van der Waals surface area contributed by atoms with E-state index in [1.54, 1.807) is 0 Å². The number of thiophene rings is 1. The molecule has 6 heteroatoms. The lowest BCUT2D eigenvalue weighted by molar-refractivity contribution is 0.0726. The van der Waals surface area contributed by atoms with Gasteiger partial charge in [-0.1, -0.05) is 23.5 Å². The van der Waals surface area contributed by atoms with Crippen LogP contribution in [0.4, 0.5) is 4.79 Å². The summed E-state index contributed by atoms with van der Waals surface area (Å²) in [6.07, 6.45) is 1.99. The fourth-order valence-electron chi connectivity index (χ4n) is 3.84. The van der Waals surface area contributed by atoms with E-state index >= 15 is 0 Å². The van der Waals surface area contributed by atoms with Crippen molar-refractivity contribution in [3.8, 4) is 21.3 Å². The normalized spacial score (nSPS) is 24.3. The largest absolute Gasteiger partial charge is 0.494 e. The topological polar surface area (TPSA) is 50.8 Å². The van der Waals surface area contributed by atoms with Crippen LogP contribution in [0.25, 0.3) is 10.4 Å². The number of amides is 1. The van der Waals surface area contributed by atoms with E-state index in [1.165, 1.54) is 24.2 Å². The van der Waals surface area contributed by atoms with Crippen LogP contribution in [-0.2, 0) is 0 Å². The van der Waals surface area contributed by atoms with Gasteiger partial charge in [0, 0.05) is 17.5 Å². The molecule has 5 nitrogen and oxygen atoms in total. The minimum absolute atomic E-state index is 0.215. The van der Waals surface area contributed by atoms with Crippen molar-refractivity contribution in [3.63, 3.8) is 0 Å². The van der Waals surface area contributed by atoms with Gasteiger partial charge in [-0.15, -0.1) is 0 Å². The van der Waals surface area contributed by atoms with Gasteiger partial charge < -0.3 is 19.7 Å². The highest BCUT2D eigenvalue weighted by atomic mass is 32.1. The number of hydrogen-bond donors (Lipinski definition) is 1. The molecular weight excluding hydrogens is 348 g/mol. The Morgan fingerprint density at radius 2 is 2.12 bits per heavy atom. The summed E-state index contributed by atoms with van der Waals surface area (Å²) in [4.78, 5) is 15.7. The van der Waals surface area contributed by atoms with Crippen molar-refractivity contribution in [3.05, 3.63) is 36.4 Å². The molecule has 1 N–H and O–H groups in total. The predicted octanol–water partition coefficient (Wildman–Crippen LogP) is 4.00. The highest BCUT2D eigenvalue weighted by Gasteiger charge is 2.35. The molecule has 5 rings (SSSR count). The highest BCUT2D eigenvalue weighted by Crippen LogP contribution is 2.34. The zero-order chi connectivity index (χ0) is 17.9. The second-order valence-electron chi connectivity index (χ2n) is 6.86. The number of nitrogens with one attached hydrogen (secondary N) is 1. The van der Waals surface area contributed by atoms with E-state index in [4.69, 9.17) is 9.47 Å². The number of nitrogens with zero attached hydrogens (tertiary/aromatic N) is 1. The van der Waals surface area contributed by atoms with Crippen molar-refractivity contribution in [1.82, 2.24) is 10.2 Å². The van der Waals surface area contributed by atoms with Gasteiger partial charge in [-0.3, -0.25) is 0 Å². The molecule has 3 saturated heterocycles. The number of carbonyl (C=O) groups excluding carboxylic acids is 1. The number of hydrogen-bond acceptors (Lipinski definition) is 5. The van der Waals surface area contributed by atoms with Crippen molar-refractivity contribution in [1.29, 1.82) is 0 Å². The Morgan fingerprint density at radius 1 is 1.27 bits per heavy atom. The van der Waals surface area contributed by atoms with Gasteiger partial charge in [0.1, 0.15) is 5.75 Å². The van der Waals surface area contributed by atoms with Gasteiger partial charge in [0.05, 0.1) is 6.61 Å². The van der Waals surface area contributed by atoms with Gasteiger partial charge in [0.15, 0.2) is 5.06 Å². The maximum absolute atomic E-state index is 12.3. The van der Waals surface area contributed by atoms with Gasteiger partial charge >= 0.3 is 6.09 Å². The first-order chi connectivity index (χ1) is 12.7. The third-order valence-corrected chi connectivity index (χ3v) is 6.18. The molecule has 1 unspecified atom stereocenters. The molecule has 2 bridgehead atoms. The van der Waals surface area contributed by atoms with Crippen molar-refractivity contribution in [2.45, 2.75) is 25.8 Å². The quantitative estimate of drug-likeness (QED) is 0.862. The van der Waals surface area contributed by atoms with Crippen LogP contribution in [0.1, 0.15) is 19.8 Å². The van der Waals surface area contributed by atoms with Crippen LogP contribution in [0.5, 0.6) is 10.8 Å². The molecule has 138 valence electrons. The van der Waals surface area contributed by atoms with Crippen molar-refractivity contribution in [2.75, 3.05) is 26.2 Å². The standard InChI is InChI=1S/C20H24N2O3S/c1-2-24-16-5-3-4-15(12-16)18-6-7-19(26-18)25-20(23)21-17-13-22-10-8-14(17)9-11-22/h3-7,12,14,17H,2,8-11,13H2,1H3,(H,21,23). The molecule has 0 saturated carbocycles. The van der Waals surface area contributed by atoms with E-state index in [-0.39, 0.29) is 12.1 Å². The second kappa shape index (κ2) is 7.68. The van der Waals surface area contributed by atoms with Crippen LogP contribution in [0.2, 0.25) is 0 Å². The zero-order valence-electron chi connectivity index (χ0n) is 14.9. The second-order valence-corrected chi connectivity index (χ2v) is 7.90. The van der Waals surface area contributed by atoms with E-state index < -0.39 is 0 Å². The molecule has 26 heavy (non-hydrogen) atoms. The fourth-order valence-corrected chi connectivity index (χ4v) is 4.69. The number of rotatable bonds is 5. The molecule has 1 aromatic carbocycles. The first-order valence-electron chi connectivity index (χ1n) is 9.25. The molecule has 2 aromatic rings. The van der Waals surface area contributed by atoms with Gasteiger partial charge in [0.25, 0.3) is 0 Å². The molecular formula is C20H24N2O3S. The Bertz CT molecular complexity index is 768. The summed E-state index contributed by atoms with van der Waals surface area (Å²) < 4.78 is 11.1. The molecule has 3 aliphatic heterocycles. The molecule has 0 radical (unpaired) electrons. The molecule has 4 heterocycles. The van der Waals surface area contributed by atoms with Crippen molar-refractivity contribution in [2.24, 2.45) is 5.92 Å². The molecule has 0 spiro atoms. The third-order valence-electron chi connectivity index (χ3n) is 5.16. The lowest BCUT2D eigenvalue weighted by Gasteiger charge is -2.44. The lowest BCUT2D eigenvalue weighted by Crippen LogP contribution is -2.57. The average molecular weight is 372 g/mol. The summed E-state index contributed by atoms with van der Waals surface area (Å²) in [6, 6.07) is 12.0.